The molecule has 1 N–H and O–H groups in total. The number of rotatable bonds is 6. The van der Waals surface area contributed by atoms with E-state index in [0.29, 0.717) is 36.0 Å². The molecule has 30 heavy (non-hydrogen) atoms. The number of imide groups is 2. The van der Waals surface area contributed by atoms with Gasteiger partial charge in [-0.15, -0.1) is 0 Å². The topological polar surface area (TPSA) is 84.9 Å². The molecular weight excluding hydrogens is 384 g/mol. The Labute approximate surface area is 175 Å². The molecule has 0 saturated carbocycles. The van der Waals surface area contributed by atoms with Crippen molar-refractivity contribution in [1.82, 2.24) is 5.32 Å². The Kier molecular flexibility index (Phi) is 6.20. The number of carbonyl (C=O) groups is 3. The van der Waals surface area contributed by atoms with Crippen LogP contribution < -0.4 is 19.7 Å². The maximum absolute atomic E-state index is 13.1. The van der Waals surface area contributed by atoms with Crippen LogP contribution in [0.25, 0.3) is 6.08 Å². The van der Waals surface area contributed by atoms with Crippen molar-refractivity contribution in [2.75, 3.05) is 18.1 Å². The first-order valence-corrected chi connectivity index (χ1v) is 9.73. The van der Waals surface area contributed by atoms with Crippen LogP contribution in [0.15, 0.2) is 42.0 Å². The van der Waals surface area contributed by atoms with Gasteiger partial charge in [-0.05, 0) is 69.2 Å². The Bertz CT molecular complexity index is 1020. The molecule has 1 aliphatic rings. The van der Waals surface area contributed by atoms with Gasteiger partial charge in [0.25, 0.3) is 11.8 Å². The summed E-state index contributed by atoms with van der Waals surface area (Å²) >= 11 is 0. The summed E-state index contributed by atoms with van der Waals surface area (Å²) in [6, 6.07) is 9.76. The van der Waals surface area contributed by atoms with Gasteiger partial charge >= 0.3 is 6.03 Å². The van der Waals surface area contributed by atoms with Crippen LogP contribution in [0.3, 0.4) is 0 Å². The van der Waals surface area contributed by atoms with Gasteiger partial charge < -0.3 is 9.47 Å². The number of hydrogen-bond donors (Lipinski definition) is 1. The van der Waals surface area contributed by atoms with Crippen LogP contribution in [-0.4, -0.2) is 31.1 Å². The summed E-state index contributed by atoms with van der Waals surface area (Å²) in [7, 11) is 0. The summed E-state index contributed by atoms with van der Waals surface area (Å²) < 4.78 is 11.1. The van der Waals surface area contributed by atoms with E-state index in [-0.39, 0.29) is 5.57 Å². The van der Waals surface area contributed by atoms with Crippen LogP contribution >= 0.6 is 0 Å². The highest BCUT2D eigenvalue weighted by atomic mass is 16.5. The molecule has 4 amide bonds. The first kappa shape index (κ1) is 21.1. The molecular formula is C23H24N2O5. The standard InChI is InChI=1S/C23H24N2O5/c1-5-29-18-8-7-16(20(13-18)30-6-2)12-19-21(26)24-23(28)25(22(19)27)17-10-14(3)9-15(4)11-17/h7-13H,5-6H2,1-4H3,(H,24,26,28)/b19-12+. The molecule has 0 spiro atoms. The van der Waals surface area contributed by atoms with Crippen LogP contribution in [0.5, 0.6) is 11.5 Å². The van der Waals surface area contributed by atoms with E-state index in [1.807, 2.05) is 33.8 Å². The molecule has 1 aliphatic heterocycles. The van der Waals surface area contributed by atoms with E-state index >= 15 is 0 Å². The summed E-state index contributed by atoms with van der Waals surface area (Å²) in [6.07, 6.45) is 1.43. The van der Waals surface area contributed by atoms with Crippen molar-refractivity contribution in [2.45, 2.75) is 27.7 Å². The quantitative estimate of drug-likeness (QED) is 0.581. The number of nitrogens with zero attached hydrogens (tertiary/aromatic N) is 1. The van der Waals surface area contributed by atoms with Crippen molar-refractivity contribution in [1.29, 1.82) is 0 Å². The lowest BCUT2D eigenvalue weighted by atomic mass is 10.0. The molecule has 0 bridgehead atoms. The van der Waals surface area contributed by atoms with E-state index in [0.717, 1.165) is 16.0 Å². The molecule has 2 aromatic rings. The van der Waals surface area contributed by atoms with Gasteiger partial charge in [-0.2, -0.15) is 0 Å². The number of carbonyl (C=O) groups excluding carboxylic acids is 3. The van der Waals surface area contributed by atoms with E-state index < -0.39 is 17.8 Å². The van der Waals surface area contributed by atoms with Gasteiger partial charge in [-0.25, -0.2) is 9.69 Å². The fraction of sp³-hybridized carbons (Fsp3) is 0.261. The number of ether oxygens (including phenoxy) is 2. The minimum Gasteiger partial charge on any atom is -0.494 e. The summed E-state index contributed by atoms with van der Waals surface area (Å²) in [4.78, 5) is 39.0. The third kappa shape index (κ3) is 4.35. The molecule has 0 atom stereocenters. The van der Waals surface area contributed by atoms with Gasteiger partial charge in [0.2, 0.25) is 0 Å². The minimum atomic E-state index is -0.774. The average Bonchev–Trinajstić information content (AvgIpc) is 2.66. The van der Waals surface area contributed by atoms with E-state index in [4.69, 9.17) is 9.47 Å². The second-order valence-electron chi connectivity index (χ2n) is 6.87. The van der Waals surface area contributed by atoms with Crippen molar-refractivity contribution in [3.63, 3.8) is 0 Å². The predicted molar refractivity (Wildman–Crippen MR) is 114 cm³/mol. The minimum absolute atomic E-state index is 0.154. The number of urea groups is 1. The van der Waals surface area contributed by atoms with Gasteiger partial charge in [0, 0.05) is 11.6 Å². The Morgan fingerprint density at radius 2 is 1.60 bits per heavy atom. The zero-order chi connectivity index (χ0) is 21.8. The maximum Gasteiger partial charge on any atom is 0.335 e. The fourth-order valence-corrected chi connectivity index (χ4v) is 3.30. The summed E-state index contributed by atoms with van der Waals surface area (Å²) in [5, 5.41) is 2.24. The molecule has 3 rings (SSSR count). The zero-order valence-electron chi connectivity index (χ0n) is 17.4. The largest absolute Gasteiger partial charge is 0.494 e. The second kappa shape index (κ2) is 8.82. The SMILES string of the molecule is CCOc1ccc(/C=C2\C(=O)NC(=O)N(c3cc(C)cc(C)c3)C2=O)c(OCC)c1. The monoisotopic (exact) mass is 408 g/mol. The van der Waals surface area contributed by atoms with Crippen LogP contribution in [0, 0.1) is 13.8 Å². The Morgan fingerprint density at radius 3 is 2.23 bits per heavy atom. The van der Waals surface area contributed by atoms with E-state index in [1.54, 1.807) is 30.3 Å². The van der Waals surface area contributed by atoms with Gasteiger partial charge in [0.05, 0.1) is 18.9 Å². The van der Waals surface area contributed by atoms with Crippen LogP contribution in [0.4, 0.5) is 10.5 Å². The van der Waals surface area contributed by atoms with Crippen LogP contribution in [0.1, 0.15) is 30.5 Å². The molecule has 0 aliphatic carbocycles. The molecule has 2 aromatic carbocycles. The highest BCUT2D eigenvalue weighted by Crippen LogP contribution is 2.29. The molecule has 156 valence electrons. The maximum atomic E-state index is 13.1. The van der Waals surface area contributed by atoms with E-state index in [2.05, 4.69) is 5.32 Å². The van der Waals surface area contributed by atoms with Crippen LogP contribution in [-0.2, 0) is 9.59 Å². The number of aryl methyl sites for hydroxylation is 2. The average molecular weight is 408 g/mol. The van der Waals surface area contributed by atoms with Crippen molar-refractivity contribution in [3.05, 3.63) is 58.7 Å². The van der Waals surface area contributed by atoms with Gasteiger partial charge in [-0.1, -0.05) is 6.07 Å². The van der Waals surface area contributed by atoms with Crippen LogP contribution in [0.2, 0.25) is 0 Å². The van der Waals surface area contributed by atoms with E-state index in [9.17, 15) is 14.4 Å². The molecule has 7 heteroatoms. The smallest absolute Gasteiger partial charge is 0.335 e. The lowest BCUT2D eigenvalue weighted by Gasteiger charge is -2.27. The van der Waals surface area contributed by atoms with Crippen molar-refractivity contribution in [2.24, 2.45) is 0 Å². The first-order valence-electron chi connectivity index (χ1n) is 9.73. The highest BCUT2D eigenvalue weighted by Gasteiger charge is 2.37. The number of nitrogens with one attached hydrogen (secondary N) is 1. The molecule has 0 unspecified atom stereocenters. The number of anilines is 1. The fourth-order valence-electron chi connectivity index (χ4n) is 3.30. The first-order chi connectivity index (χ1) is 14.3. The molecule has 7 nitrogen and oxygen atoms in total. The van der Waals surface area contributed by atoms with E-state index in [1.165, 1.54) is 6.08 Å². The molecule has 1 fully saturated rings. The summed E-state index contributed by atoms with van der Waals surface area (Å²) in [5.74, 6) is -0.340. The number of hydrogen-bond acceptors (Lipinski definition) is 5. The number of amides is 4. The van der Waals surface area contributed by atoms with Gasteiger partial charge in [0.15, 0.2) is 0 Å². The normalized spacial score (nSPS) is 15.4. The predicted octanol–water partition coefficient (Wildman–Crippen LogP) is 3.77. The van der Waals surface area contributed by atoms with Crippen molar-refractivity contribution < 1.29 is 23.9 Å². The third-order valence-corrected chi connectivity index (χ3v) is 4.46. The number of benzene rings is 2. The summed E-state index contributed by atoms with van der Waals surface area (Å²) in [6.45, 7) is 8.36. The molecule has 0 radical (unpaired) electrons. The molecule has 1 saturated heterocycles. The zero-order valence-corrected chi connectivity index (χ0v) is 17.4. The van der Waals surface area contributed by atoms with Crippen molar-refractivity contribution >= 4 is 29.6 Å². The third-order valence-electron chi connectivity index (χ3n) is 4.46. The second-order valence-corrected chi connectivity index (χ2v) is 6.87. The Morgan fingerprint density at radius 1 is 0.933 bits per heavy atom. The highest BCUT2D eigenvalue weighted by molar-refractivity contribution is 6.39. The number of barbiturate groups is 1. The van der Waals surface area contributed by atoms with Gasteiger partial charge in [-0.3, -0.25) is 14.9 Å². The lowest BCUT2D eigenvalue weighted by molar-refractivity contribution is -0.122. The Balaban J connectivity index is 2.04. The lowest BCUT2D eigenvalue weighted by Crippen LogP contribution is -2.54. The molecule has 1 heterocycles. The Hall–Kier alpha value is -3.61. The van der Waals surface area contributed by atoms with Gasteiger partial charge in [0.1, 0.15) is 17.1 Å². The van der Waals surface area contributed by atoms with Crippen molar-refractivity contribution in [3.8, 4) is 11.5 Å². The summed E-state index contributed by atoms with van der Waals surface area (Å²) in [5.41, 5.74) is 2.59. The molecule has 0 aromatic heterocycles.